The normalized spacial score (nSPS) is 10.2. The summed E-state index contributed by atoms with van der Waals surface area (Å²) >= 11 is 9.48. The Kier molecular flexibility index (Phi) is 5.65. The number of amides is 1. The molecular formula is C16H16BrClN2O. The lowest BCUT2D eigenvalue weighted by Crippen LogP contribution is -2.16. The molecule has 0 unspecified atom stereocenters. The lowest BCUT2D eigenvalue weighted by Gasteiger charge is -2.09. The fourth-order valence-corrected chi connectivity index (χ4v) is 2.36. The number of anilines is 2. The quantitative estimate of drug-likeness (QED) is 0.793. The second kappa shape index (κ2) is 7.48. The highest BCUT2D eigenvalue weighted by molar-refractivity contribution is 9.10. The minimum atomic E-state index is -0.0678. The smallest absolute Gasteiger partial charge is 0.226 e. The van der Waals surface area contributed by atoms with Crippen molar-refractivity contribution < 1.29 is 4.79 Å². The van der Waals surface area contributed by atoms with Gasteiger partial charge in [-0.15, -0.1) is 0 Å². The van der Waals surface area contributed by atoms with Crippen LogP contribution in [0, 0.1) is 6.92 Å². The molecule has 0 saturated heterocycles. The van der Waals surface area contributed by atoms with Crippen LogP contribution in [0.2, 0.25) is 5.02 Å². The molecule has 3 nitrogen and oxygen atoms in total. The summed E-state index contributed by atoms with van der Waals surface area (Å²) < 4.78 is 1.05. The van der Waals surface area contributed by atoms with Gasteiger partial charge in [-0.2, -0.15) is 0 Å². The van der Waals surface area contributed by atoms with Gasteiger partial charge in [0.2, 0.25) is 5.91 Å². The van der Waals surface area contributed by atoms with E-state index in [4.69, 9.17) is 11.6 Å². The van der Waals surface area contributed by atoms with Crippen LogP contribution in [-0.4, -0.2) is 12.5 Å². The second-order valence-corrected chi connectivity index (χ2v) is 5.93. The Hall–Kier alpha value is -1.52. The van der Waals surface area contributed by atoms with Gasteiger partial charge < -0.3 is 10.6 Å². The summed E-state index contributed by atoms with van der Waals surface area (Å²) in [5.74, 6) is -0.0678. The first-order valence-electron chi connectivity index (χ1n) is 6.60. The number of carbonyl (C=O) groups is 1. The van der Waals surface area contributed by atoms with E-state index in [0.29, 0.717) is 23.7 Å². The summed E-state index contributed by atoms with van der Waals surface area (Å²) in [6.07, 6.45) is 0.372. The van der Waals surface area contributed by atoms with Crippen molar-refractivity contribution >= 4 is 44.8 Å². The highest BCUT2D eigenvalue weighted by atomic mass is 79.9. The molecule has 0 spiro atoms. The number of para-hydroxylation sites is 1. The summed E-state index contributed by atoms with van der Waals surface area (Å²) in [5.41, 5.74) is 2.80. The third-order valence-electron chi connectivity index (χ3n) is 3.00. The summed E-state index contributed by atoms with van der Waals surface area (Å²) in [5, 5.41) is 6.56. The molecule has 2 aromatic carbocycles. The Bertz CT molecular complexity index is 646. The van der Waals surface area contributed by atoms with Gasteiger partial charge in [-0.1, -0.05) is 45.7 Å². The molecule has 1 amide bonds. The largest absolute Gasteiger partial charge is 0.384 e. The number of hydrogen-bond acceptors (Lipinski definition) is 2. The van der Waals surface area contributed by atoms with Crippen molar-refractivity contribution in [2.45, 2.75) is 13.3 Å². The molecule has 0 atom stereocenters. The van der Waals surface area contributed by atoms with Crippen molar-refractivity contribution in [1.82, 2.24) is 0 Å². The molecule has 0 heterocycles. The first-order valence-corrected chi connectivity index (χ1v) is 7.78. The zero-order chi connectivity index (χ0) is 15.2. The molecular weight excluding hydrogens is 352 g/mol. The van der Waals surface area contributed by atoms with Crippen molar-refractivity contribution in [3.8, 4) is 0 Å². The number of halogens is 2. The van der Waals surface area contributed by atoms with Crippen molar-refractivity contribution in [1.29, 1.82) is 0 Å². The molecule has 0 saturated carbocycles. The van der Waals surface area contributed by atoms with E-state index < -0.39 is 0 Å². The fourth-order valence-electron chi connectivity index (χ4n) is 1.80. The first-order chi connectivity index (χ1) is 10.1. The van der Waals surface area contributed by atoms with Crippen molar-refractivity contribution in [3.05, 3.63) is 57.5 Å². The third kappa shape index (κ3) is 4.76. The van der Waals surface area contributed by atoms with E-state index in [2.05, 4.69) is 26.6 Å². The SMILES string of the molecule is Cc1ccc(NCCC(=O)Nc2ccccc2Cl)cc1Br. The van der Waals surface area contributed by atoms with Crippen LogP contribution in [0.3, 0.4) is 0 Å². The van der Waals surface area contributed by atoms with Crippen LogP contribution in [0.1, 0.15) is 12.0 Å². The molecule has 2 rings (SSSR count). The number of nitrogens with one attached hydrogen (secondary N) is 2. The van der Waals surface area contributed by atoms with Crippen LogP contribution in [0.15, 0.2) is 46.9 Å². The molecule has 110 valence electrons. The molecule has 0 fully saturated rings. The molecule has 2 N–H and O–H groups in total. The van der Waals surface area contributed by atoms with E-state index in [0.717, 1.165) is 10.2 Å². The van der Waals surface area contributed by atoms with E-state index in [-0.39, 0.29) is 5.91 Å². The molecule has 0 aliphatic rings. The molecule has 2 aromatic rings. The van der Waals surface area contributed by atoms with Gasteiger partial charge in [0.05, 0.1) is 10.7 Å². The molecule has 0 aliphatic carbocycles. The third-order valence-corrected chi connectivity index (χ3v) is 4.18. The maximum absolute atomic E-state index is 11.9. The number of aryl methyl sites for hydroxylation is 1. The van der Waals surface area contributed by atoms with Crippen LogP contribution in [0.4, 0.5) is 11.4 Å². The van der Waals surface area contributed by atoms with E-state index in [1.807, 2.05) is 37.3 Å². The molecule has 21 heavy (non-hydrogen) atoms. The summed E-state index contributed by atoms with van der Waals surface area (Å²) in [7, 11) is 0. The predicted molar refractivity (Wildman–Crippen MR) is 92.1 cm³/mol. The second-order valence-electron chi connectivity index (χ2n) is 4.67. The highest BCUT2D eigenvalue weighted by Crippen LogP contribution is 2.21. The van der Waals surface area contributed by atoms with Gasteiger partial charge in [0.1, 0.15) is 0 Å². The number of carbonyl (C=O) groups excluding carboxylic acids is 1. The van der Waals surface area contributed by atoms with Gasteiger partial charge in [-0.3, -0.25) is 4.79 Å². The number of rotatable bonds is 5. The van der Waals surface area contributed by atoms with E-state index in [9.17, 15) is 4.79 Å². The molecule has 0 aromatic heterocycles. The van der Waals surface area contributed by atoms with Crippen LogP contribution in [0.5, 0.6) is 0 Å². The Morgan fingerprint density at radius 1 is 1.24 bits per heavy atom. The summed E-state index contributed by atoms with van der Waals surface area (Å²) in [4.78, 5) is 11.9. The Morgan fingerprint density at radius 3 is 2.71 bits per heavy atom. The van der Waals surface area contributed by atoms with Crippen LogP contribution in [-0.2, 0) is 4.79 Å². The van der Waals surface area contributed by atoms with Crippen molar-refractivity contribution in [2.24, 2.45) is 0 Å². The topological polar surface area (TPSA) is 41.1 Å². The molecule has 0 radical (unpaired) electrons. The van der Waals surface area contributed by atoms with E-state index in [1.54, 1.807) is 12.1 Å². The zero-order valence-corrected chi connectivity index (χ0v) is 14.0. The first kappa shape index (κ1) is 15.9. The number of hydrogen-bond donors (Lipinski definition) is 2. The Labute approximate surface area is 137 Å². The van der Waals surface area contributed by atoms with Gasteiger partial charge in [0.25, 0.3) is 0 Å². The number of benzene rings is 2. The summed E-state index contributed by atoms with van der Waals surface area (Å²) in [6, 6.07) is 13.2. The minimum Gasteiger partial charge on any atom is -0.384 e. The standard InChI is InChI=1S/C16H16BrClN2O/c1-11-6-7-12(10-13(11)17)19-9-8-16(21)20-15-5-3-2-4-14(15)18/h2-7,10,19H,8-9H2,1H3,(H,20,21). The van der Waals surface area contributed by atoms with Gasteiger partial charge in [0.15, 0.2) is 0 Å². The van der Waals surface area contributed by atoms with Crippen molar-refractivity contribution in [3.63, 3.8) is 0 Å². The van der Waals surface area contributed by atoms with E-state index >= 15 is 0 Å². The minimum absolute atomic E-state index is 0.0678. The maximum Gasteiger partial charge on any atom is 0.226 e. The predicted octanol–water partition coefficient (Wildman–Crippen LogP) is 4.85. The maximum atomic E-state index is 11.9. The van der Waals surface area contributed by atoms with Crippen LogP contribution in [0.25, 0.3) is 0 Å². The highest BCUT2D eigenvalue weighted by Gasteiger charge is 2.05. The lowest BCUT2D eigenvalue weighted by molar-refractivity contribution is -0.115. The zero-order valence-electron chi connectivity index (χ0n) is 11.6. The average molecular weight is 368 g/mol. The van der Waals surface area contributed by atoms with Gasteiger partial charge >= 0.3 is 0 Å². The van der Waals surface area contributed by atoms with Gasteiger partial charge in [-0.05, 0) is 36.8 Å². The van der Waals surface area contributed by atoms with Crippen LogP contribution < -0.4 is 10.6 Å². The molecule has 5 heteroatoms. The van der Waals surface area contributed by atoms with Crippen molar-refractivity contribution in [2.75, 3.05) is 17.2 Å². The average Bonchev–Trinajstić information content (AvgIpc) is 2.45. The van der Waals surface area contributed by atoms with Gasteiger partial charge in [-0.25, -0.2) is 0 Å². The lowest BCUT2D eigenvalue weighted by atomic mass is 10.2. The fraction of sp³-hybridized carbons (Fsp3) is 0.188. The molecule has 0 bridgehead atoms. The summed E-state index contributed by atoms with van der Waals surface area (Å²) in [6.45, 7) is 2.59. The molecule has 0 aliphatic heterocycles. The monoisotopic (exact) mass is 366 g/mol. The van der Waals surface area contributed by atoms with Gasteiger partial charge in [0, 0.05) is 23.1 Å². The Morgan fingerprint density at radius 2 is 2.00 bits per heavy atom. The Balaban J connectivity index is 1.82. The van der Waals surface area contributed by atoms with Crippen LogP contribution >= 0.6 is 27.5 Å². The van der Waals surface area contributed by atoms with E-state index in [1.165, 1.54) is 5.56 Å².